The molecule has 0 saturated heterocycles. The SMILES string of the molecule is CC(Sc1ncccc1Cl)C(=O)Nc1cccc(Br)c1. The van der Waals surface area contributed by atoms with Crippen molar-refractivity contribution < 1.29 is 4.79 Å². The van der Waals surface area contributed by atoms with Crippen LogP contribution < -0.4 is 5.32 Å². The molecule has 1 aromatic heterocycles. The van der Waals surface area contributed by atoms with E-state index in [1.165, 1.54) is 11.8 Å². The topological polar surface area (TPSA) is 42.0 Å². The van der Waals surface area contributed by atoms with Crippen LogP contribution >= 0.6 is 39.3 Å². The van der Waals surface area contributed by atoms with Crippen molar-refractivity contribution in [2.75, 3.05) is 5.32 Å². The Hall–Kier alpha value is -1.04. The molecule has 1 atom stereocenters. The van der Waals surface area contributed by atoms with Gasteiger partial charge in [-0.3, -0.25) is 4.79 Å². The predicted octanol–water partition coefficient (Wildman–Crippen LogP) is 4.62. The summed E-state index contributed by atoms with van der Waals surface area (Å²) in [5, 5.41) is 3.78. The first-order valence-electron chi connectivity index (χ1n) is 5.90. The second-order valence-corrected chi connectivity index (χ2v) is 6.70. The second kappa shape index (κ2) is 7.11. The number of nitrogens with zero attached hydrogens (tertiary/aromatic N) is 1. The molecule has 1 aromatic carbocycles. The molecule has 0 aliphatic heterocycles. The number of anilines is 1. The molecular formula is C14H12BrClN2OS. The molecule has 2 aromatic rings. The number of hydrogen-bond acceptors (Lipinski definition) is 3. The highest BCUT2D eigenvalue weighted by Crippen LogP contribution is 2.28. The van der Waals surface area contributed by atoms with Gasteiger partial charge in [0.15, 0.2) is 0 Å². The lowest BCUT2D eigenvalue weighted by molar-refractivity contribution is -0.115. The molecule has 0 bridgehead atoms. The molecule has 3 nitrogen and oxygen atoms in total. The summed E-state index contributed by atoms with van der Waals surface area (Å²) in [6, 6.07) is 11.0. The Balaban J connectivity index is 2.01. The predicted molar refractivity (Wildman–Crippen MR) is 87.3 cm³/mol. The molecule has 0 radical (unpaired) electrons. The van der Waals surface area contributed by atoms with Gasteiger partial charge in [-0.25, -0.2) is 4.98 Å². The van der Waals surface area contributed by atoms with E-state index in [9.17, 15) is 4.79 Å². The Morgan fingerprint density at radius 1 is 1.40 bits per heavy atom. The first-order valence-corrected chi connectivity index (χ1v) is 7.95. The van der Waals surface area contributed by atoms with Gasteiger partial charge in [0.25, 0.3) is 0 Å². The lowest BCUT2D eigenvalue weighted by Crippen LogP contribution is -2.22. The maximum absolute atomic E-state index is 12.1. The smallest absolute Gasteiger partial charge is 0.237 e. The number of thioether (sulfide) groups is 1. The Morgan fingerprint density at radius 2 is 2.20 bits per heavy atom. The van der Waals surface area contributed by atoms with E-state index in [1.807, 2.05) is 31.2 Å². The average molecular weight is 372 g/mol. The molecule has 2 rings (SSSR count). The van der Waals surface area contributed by atoms with Gasteiger partial charge in [-0.2, -0.15) is 0 Å². The number of benzene rings is 1. The maximum Gasteiger partial charge on any atom is 0.237 e. The molecule has 0 spiro atoms. The van der Waals surface area contributed by atoms with Crippen LogP contribution in [0.15, 0.2) is 52.1 Å². The molecule has 0 aliphatic rings. The number of carbonyl (C=O) groups is 1. The van der Waals surface area contributed by atoms with E-state index >= 15 is 0 Å². The van der Waals surface area contributed by atoms with E-state index in [2.05, 4.69) is 26.2 Å². The van der Waals surface area contributed by atoms with Crippen LogP contribution in [0.5, 0.6) is 0 Å². The summed E-state index contributed by atoms with van der Waals surface area (Å²) in [6.45, 7) is 1.82. The van der Waals surface area contributed by atoms with Crippen molar-refractivity contribution in [2.45, 2.75) is 17.2 Å². The third kappa shape index (κ3) is 4.23. The van der Waals surface area contributed by atoms with Crippen LogP contribution in [0.2, 0.25) is 5.02 Å². The molecule has 1 unspecified atom stereocenters. The first kappa shape index (κ1) is 15.4. The fraction of sp³-hybridized carbons (Fsp3) is 0.143. The Labute approximate surface area is 135 Å². The highest BCUT2D eigenvalue weighted by molar-refractivity contribution is 9.10. The van der Waals surface area contributed by atoms with Gasteiger partial charge in [0.05, 0.1) is 10.3 Å². The van der Waals surface area contributed by atoms with Crippen molar-refractivity contribution in [1.29, 1.82) is 0 Å². The zero-order valence-electron chi connectivity index (χ0n) is 10.6. The van der Waals surface area contributed by atoms with E-state index in [1.54, 1.807) is 18.3 Å². The van der Waals surface area contributed by atoms with Gasteiger partial charge in [0.1, 0.15) is 5.03 Å². The summed E-state index contributed by atoms with van der Waals surface area (Å²) in [5.41, 5.74) is 0.754. The molecule has 1 N–H and O–H groups in total. The number of rotatable bonds is 4. The van der Waals surface area contributed by atoms with Crippen molar-refractivity contribution in [2.24, 2.45) is 0 Å². The largest absolute Gasteiger partial charge is 0.325 e. The highest BCUT2D eigenvalue weighted by atomic mass is 79.9. The molecule has 1 amide bonds. The van der Waals surface area contributed by atoms with Crippen molar-refractivity contribution in [3.63, 3.8) is 0 Å². The number of nitrogens with one attached hydrogen (secondary N) is 1. The van der Waals surface area contributed by atoms with Gasteiger partial charge in [-0.1, -0.05) is 45.4 Å². The number of halogens is 2. The quantitative estimate of drug-likeness (QED) is 0.798. The zero-order chi connectivity index (χ0) is 14.5. The van der Waals surface area contributed by atoms with Crippen molar-refractivity contribution in [1.82, 2.24) is 4.98 Å². The van der Waals surface area contributed by atoms with E-state index < -0.39 is 0 Å². The Morgan fingerprint density at radius 3 is 2.90 bits per heavy atom. The van der Waals surface area contributed by atoms with E-state index in [0.29, 0.717) is 10.0 Å². The maximum atomic E-state index is 12.1. The summed E-state index contributed by atoms with van der Waals surface area (Å²) in [5.74, 6) is -0.0881. The number of carbonyl (C=O) groups excluding carboxylic acids is 1. The molecule has 0 saturated carbocycles. The molecule has 1 heterocycles. The van der Waals surface area contributed by atoms with Gasteiger partial charge in [0.2, 0.25) is 5.91 Å². The molecular weight excluding hydrogens is 360 g/mol. The fourth-order valence-corrected chi connectivity index (χ4v) is 2.95. The number of aromatic nitrogens is 1. The van der Waals surface area contributed by atoms with Crippen LogP contribution in [0.25, 0.3) is 0 Å². The third-order valence-corrected chi connectivity index (χ3v) is 4.50. The molecule has 0 fully saturated rings. The van der Waals surface area contributed by atoms with Crippen molar-refractivity contribution in [3.05, 3.63) is 52.1 Å². The lowest BCUT2D eigenvalue weighted by atomic mass is 10.3. The highest BCUT2D eigenvalue weighted by Gasteiger charge is 2.16. The van der Waals surface area contributed by atoms with Crippen molar-refractivity contribution >= 4 is 50.9 Å². The van der Waals surface area contributed by atoms with Crippen LogP contribution in [-0.2, 0) is 4.79 Å². The number of amides is 1. The van der Waals surface area contributed by atoms with Gasteiger partial charge in [-0.05, 0) is 37.3 Å². The first-order chi connectivity index (χ1) is 9.56. The van der Waals surface area contributed by atoms with Crippen LogP contribution in [0.1, 0.15) is 6.92 Å². The minimum absolute atomic E-state index is 0.0881. The molecule has 0 aliphatic carbocycles. The minimum Gasteiger partial charge on any atom is -0.325 e. The van der Waals surface area contributed by atoms with Gasteiger partial charge in [0, 0.05) is 16.4 Å². The summed E-state index contributed by atoms with van der Waals surface area (Å²) >= 11 is 10.7. The van der Waals surface area contributed by atoms with Gasteiger partial charge < -0.3 is 5.32 Å². The summed E-state index contributed by atoms with van der Waals surface area (Å²) in [7, 11) is 0. The van der Waals surface area contributed by atoms with Crippen LogP contribution in [0, 0.1) is 0 Å². The average Bonchev–Trinajstić information content (AvgIpc) is 2.41. The van der Waals surface area contributed by atoms with Crippen LogP contribution in [0.4, 0.5) is 5.69 Å². The summed E-state index contributed by atoms with van der Waals surface area (Å²) < 4.78 is 0.920. The summed E-state index contributed by atoms with van der Waals surface area (Å²) in [6.07, 6.45) is 1.66. The third-order valence-electron chi connectivity index (χ3n) is 2.47. The lowest BCUT2D eigenvalue weighted by Gasteiger charge is -2.12. The second-order valence-electron chi connectivity index (χ2n) is 4.05. The summed E-state index contributed by atoms with van der Waals surface area (Å²) in [4.78, 5) is 16.3. The molecule has 20 heavy (non-hydrogen) atoms. The van der Waals surface area contributed by atoms with E-state index in [4.69, 9.17) is 11.6 Å². The van der Waals surface area contributed by atoms with Crippen molar-refractivity contribution in [3.8, 4) is 0 Å². The van der Waals surface area contributed by atoms with E-state index in [0.717, 1.165) is 10.2 Å². The van der Waals surface area contributed by atoms with Crippen LogP contribution in [-0.4, -0.2) is 16.1 Å². The normalized spacial score (nSPS) is 11.9. The monoisotopic (exact) mass is 370 g/mol. The fourth-order valence-electron chi connectivity index (χ4n) is 1.49. The standard InChI is InChI=1S/C14H12BrClN2OS/c1-9(20-14-12(16)6-3-7-17-14)13(19)18-11-5-2-4-10(15)8-11/h2-9H,1H3,(H,18,19). The Bertz CT molecular complexity index is 624. The molecule has 104 valence electrons. The van der Waals surface area contributed by atoms with Gasteiger partial charge in [-0.15, -0.1) is 0 Å². The zero-order valence-corrected chi connectivity index (χ0v) is 13.8. The van der Waals surface area contributed by atoms with E-state index in [-0.39, 0.29) is 11.2 Å². The Kier molecular flexibility index (Phi) is 5.46. The van der Waals surface area contributed by atoms with Crippen LogP contribution in [0.3, 0.4) is 0 Å². The molecule has 6 heteroatoms. The number of pyridine rings is 1. The number of hydrogen-bond donors (Lipinski definition) is 1. The minimum atomic E-state index is -0.290. The van der Waals surface area contributed by atoms with Gasteiger partial charge >= 0.3 is 0 Å².